The van der Waals surface area contributed by atoms with Crippen LogP contribution in [0.3, 0.4) is 0 Å². The lowest BCUT2D eigenvalue weighted by molar-refractivity contribution is -0.127. The number of primary sulfonamides is 1. The number of hydrogen-bond donors (Lipinski definition) is 2. The van der Waals surface area contributed by atoms with Gasteiger partial charge in [-0.15, -0.1) is 0 Å². The van der Waals surface area contributed by atoms with Gasteiger partial charge in [-0.3, -0.25) is 9.69 Å². The van der Waals surface area contributed by atoms with E-state index in [1.54, 1.807) is 0 Å². The van der Waals surface area contributed by atoms with Crippen LogP contribution < -0.4 is 10.5 Å². The Labute approximate surface area is 151 Å². The minimum absolute atomic E-state index is 0.0340. The number of imide groups is 1. The molecule has 0 aromatic heterocycles. The number of piperidine rings is 1. The summed E-state index contributed by atoms with van der Waals surface area (Å²) < 4.78 is 49.2. The molecule has 0 spiro atoms. The van der Waals surface area contributed by atoms with Crippen molar-refractivity contribution in [3.05, 3.63) is 24.3 Å². The van der Waals surface area contributed by atoms with Crippen LogP contribution >= 0.6 is 0 Å². The predicted octanol–water partition coefficient (Wildman–Crippen LogP) is -0.961. The van der Waals surface area contributed by atoms with Crippen LogP contribution in [0.4, 0.5) is 4.79 Å². The molecule has 3 amide bonds. The lowest BCUT2D eigenvalue weighted by atomic mass is 10.1. The van der Waals surface area contributed by atoms with Crippen LogP contribution in [0.25, 0.3) is 0 Å². The third-order valence-electron chi connectivity index (χ3n) is 4.46. The molecule has 2 fully saturated rings. The molecule has 1 aromatic carbocycles. The van der Waals surface area contributed by atoms with Gasteiger partial charge in [0.15, 0.2) is 0 Å². The third-order valence-corrected chi connectivity index (χ3v) is 7.30. The van der Waals surface area contributed by atoms with Crippen molar-refractivity contribution in [2.75, 3.05) is 19.6 Å². The summed E-state index contributed by atoms with van der Waals surface area (Å²) in [7, 11) is -7.71. The molecule has 142 valence electrons. The van der Waals surface area contributed by atoms with Gasteiger partial charge in [0.05, 0.1) is 16.3 Å². The molecule has 0 radical (unpaired) electrons. The molecule has 12 heteroatoms. The number of urea groups is 1. The zero-order chi connectivity index (χ0) is 19.1. The Balaban J connectivity index is 1.72. The van der Waals surface area contributed by atoms with Crippen LogP contribution in [0.2, 0.25) is 0 Å². The molecular formula is C14H18N4O6S2. The second kappa shape index (κ2) is 6.61. The van der Waals surface area contributed by atoms with E-state index >= 15 is 0 Å². The number of carbonyl (C=O) groups is 2. The fourth-order valence-corrected chi connectivity index (χ4v) is 5.08. The van der Waals surface area contributed by atoms with Crippen molar-refractivity contribution in [2.45, 2.75) is 28.7 Å². The number of rotatable bonds is 4. The number of sulfonamides is 2. The maximum atomic E-state index is 12.7. The summed E-state index contributed by atoms with van der Waals surface area (Å²) in [6, 6.07) is 3.89. The van der Waals surface area contributed by atoms with E-state index in [0.29, 0.717) is 12.8 Å². The van der Waals surface area contributed by atoms with Gasteiger partial charge in [-0.1, -0.05) is 0 Å². The molecule has 2 aliphatic rings. The predicted molar refractivity (Wildman–Crippen MR) is 89.8 cm³/mol. The topological polar surface area (TPSA) is 147 Å². The van der Waals surface area contributed by atoms with Crippen LogP contribution in [0.1, 0.15) is 12.8 Å². The van der Waals surface area contributed by atoms with Gasteiger partial charge in [0.25, 0.3) is 0 Å². The Hall–Kier alpha value is -2.02. The molecule has 3 rings (SSSR count). The van der Waals surface area contributed by atoms with E-state index in [0.717, 1.165) is 17.0 Å². The first-order chi connectivity index (χ1) is 12.1. The summed E-state index contributed by atoms with van der Waals surface area (Å²) in [5.41, 5.74) is 0. The average Bonchev–Trinajstić information content (AvgIpc) is 2.93. The van der Waals surface area contributed by atoms with E-state index in [1.165, 1.54) is 16.4 Å². The molecule has 0 atom stereocenters. The monoisotopic (exact) mass is 402 g/mol. The smallest absolute Gasteiger partial charge is 0.324 e. The molecule has 2 heterocycles. The fourth-order valence-electron chi connectivity index (χ4n) is 3.10. The molecule has 0 aliphatic carbocycles. The Bertz CT molecular complexity index is 918. The van der Waals surface area contributed by atoms with E-state index in [2.05, 4.69) is 5.32 Å². The highest BCUT2D eigenvalue weighted by Gasteiger charge is 2.38. The molecule has 2 saturated heterocycles. The molecular weight excluding hydrogens is 384 g/mol. The van der Waals surface area contributed by atoms with Gasteiger partial charge in [0, 0.05) is 19.1 Å². The van der Waals surface area contributed by atoms with Crippen molar-refractivity contribution in [3.63, 3.8) is 0 Å². The van der Waals surface area contributed by atoms with Crippen molar-refractivity contribution in [3.8, 4) is 0 Å². The van der Waals surface area contributed by atoms with Crippen molar-refractivity contribution in [1.82, 2.24) is 14.5 Å². The Morgan fingerprint density at radius 2 is 1.50 bits per heavy atom. The van der Waals surface area contributed by atoms with Crippen LogP contribution in [0, 0.1) is 0 Å². The Morgan fingerprint density at radius 3 is 1.96 bits per heavy atom. The summed E-state index contributed by atoms with van der Waals surface area (Å²) in [6.45, 7) is 0.274. The first-order valence-electron chi connectivity index (χ1n) is 7.83. The normalized spacial score (nSPS) is 20.4. The molecule has 1 aromatic rings. The van der Waals surface area contributed by atoms with E-state index in [9.17, 15) is 26.4 Å². The third kappa shape index (κ3) is 3.45. The highest BCUT2D eigenvalue weighted by molar-refractivity contribution is 7.89. The number of nitrogens with one attached hydrogen (secondary N) is 1. The van der Waals surface area contributed by atoms with Gasteiger partial charge < -0.3 is 5.32 Å². The minimum Gasteiger partial charge on any atom is -0.329 e. The quantitative estimate of drug-likeness (QED) is 0.620. The van der Waals surface area contributed by atoms with Gasteiger partial charge in [-0.05, 0) is 37.1 Å². The zero-order valence-electron chi connectivity index (χ0n) is 13.7. The van der Waals surface area contributed by atoms with Crippen molar-refractivity contribution >= 4 is 32.0 Å². The number of amides is 3. The van der Waals surface area contributed by atoms with Crippen LogP contribution in [-0.2, 0) is 24.8 Å². The van der Waals surface area contributed by atoms with Gasteiger partial charge in [0.2, 0.25) is 26.0 Å². The Kier molecular flexibility index (Phi) is 4.77. The minimum atomic E-state index is -3.90. The van der Waals surface area contributed by atoms with Crippen LogP contribution in [0.5, 0.6) is 0 Å². The largest absolute Gasteiger partial charge is 0.329 e. The van der Waals surface area contributed by atoms with E-state index in [4.69, 9.17) is 5.14 Å². The van der Waals surface area contributed by atoms with E-state index in [1.807, 2.05) is 0 Å². The number of nitrogens with zero attached hydrogens (tertiary/aromatic N) is 2. The van der Waals surface area contributed by atoms with Gasteiger partial charge >= 0.3 is 6.03 Å². The Morgan fingerprint density at radius 1 is 0.962 bits per heavy atom. The molecule has 2 aliphatic heterocycles. The van der Waals surface area contributed by atoms with Gasteiger partial charge in [-0.25, -0.2) is 26.8 Å². The van der Waals surface area contributed by atoms with Crippen molar-refractivity contribution in [2.24, 2.45) is 5.14 Å². The molecule has 3 N–H and O–H groups in total. The van der Waals surface area contributed by atoms with Crippen molar-refractivity contribution < 1.29 is 26.4 Å². The highest BCUT2D eigenvalue weighted by atomic mass is 32.2. The number of hydrogen-bond acceptors (Lipinski definition) is 6. The summed E-state index contributed by atoms with van der Waals surface area (Å²) in [6.07, 6.45) is 0.682. The first kappa shape index (κ1) is 18.8. The maximum absolute atomic E-state index is 12.7. The average molecular weight is 402 g/mol. The molecule has 26 heavy (non-hydrogen) atoms. The van der Waals surface area contributed by atoms with Crippen LogP contribution in [0.15, 0.2) is 34.1 Å². The number of carbonyl (C=O) groups excluding carboxylic acids is 2. The van der Waals surface area contributed by atoms with E-state index in [-0.39, 0.29) is 41.4 Å². The second-order valence-corrected chi connectivity index (χ2v) is 9.57. The second-order valence-electron chi connectivity index (χ2n) is 6.07. The van der Waals surface area contributed by atoms with Crippen molar-refractivity contribution in [1.29, 1.82) is 0 Å². The van der Waals surface area contributed by atoms with E-state index < -0.39 is 26.1 Å². The highest BCUT2D eigenvalue weighted by Crippen LogP contribution is 2.25. The number of benzene rings is 1. The fraction of sp³-hybridized carbons (Fsp3) is 0.429. The van der Waals surface area contributed by atoms with Crippen LogP contribution in [-0.4, -0.2) is 63.7 Å². The first-order valence-corrected chi connectivity index (χ1v) is 10.8. The maximum Gasteiger partial charge on any atom is 0.324 e. The molecule has 0 bridgehead atoms. The van der Waals surface area contributed by atoms with Gasteiger partial charge in [-0.2, -0.15) is 4.31 Å². The molecule has 10 nitrogen and oxygen atoms in total. The summed E-state index contributed by atoms with van der Waals surface area (Å²) in [5, 5.41) is 7.45. The van der Waals surface area contributed by atoms with Gasteiger partial charge in [0.1, 0.15) is 0 Å². The molecule has 0 unspecified atom stereocenters. The summed E-state index contributed by atoms with van der Waals surface area (Å²) >= 11 is 0. The number of nitrogens with two attached hydrogens (primary N) is 1. The summed E-state index contributed by atoms with van der Waals surface area (Å²) in [5.74, 6) is -0.310. The zero-order valence-corrected chi connectivity index (χ0v) is 15.3. The summed E-state index contributed by atoms with van der Waals surface area (Å²) in [4.78, 5) is 24.4. The lowest BCUT2D eigenvalue weighted by Crippen LogP contribution is -2.48. The molecule has 0 saturated carbocycles. The SMILES string of the molecule is NS(=O)(=O)c1ccc(S(=O)(=O)N2CCC(N3C(=O)CNC3=O)CC2)cc1. The lowest BCUT2D eigenvalue weighted by Gasteiger charge is -2.34. The standard InChI is InChI=1S/C14H18N4O6S2/c15-25(21,22)11-1-3-12(4-2-11)26(23,24)17-7-5-10(6-8-17)18-13(19)9-16-14(18)20/h1-4,10H,5-9H2,(H,16,20)(H2,15,21,22).